The van der Waals surface area contributed by atoms with Crippen LogP contribution in [0.15, 0.2) is 66.7 Å². The normalized spacial score (nSPS) is 12.2. The zero-order valence-corrected chi connectivity index (χ0v) is 20.4. The Labute approximate surface area is 204 Å². The first-order chi connectivity index (χ1) is 15.6. The summed E-state index contributed by atoms with van der Waals surface area (Å²) in [5, 5.41) is 18.1. The number of amides is 1. The van der Waals surface area contributed by atoms with E-state index in [1.165, 1.54) is 0 Å². The molecule has 0 saturated carbocycles. The second-order valence-corrected chi connectivity index (χ2v) is 9.44. The van der Waals surface area contributed by atoms with E-state index >= 15 is 0 Å². The lowest BCUT2D eigenvalue weighted by Crippen LogP contribution is -2.35. The molecule has 1 amide bonds. The van der Waals surface area contributed by atoms with Crippen LogP contribution in [0.4, 0.5) is 10.5 Å². The number of hydrogen-bond donors (Lipinski definition) is 3. The molecule has 7 heteroatoms. The van der Waals surface area contributed by atoms with Gasteiger partial charge in [0.2, 0.25) is 0 Å². The Hall–Kier alpha value is -2.73. The quantitative estimate of drug-likeness (QED) is 0.325. The molecule has 0 radical (unpaired) electrons. The number of aliphatic hydroxyl groups excluding tert-OH is 1. The lowest BCUT2D eigenvalue weighted by atomic mass is 9.92. The molecule has 5 nitrogen and oxygen atoms in total. The predicted molar refractivity (Wildman–Crippen MR) is 135 cm³/mol. The number of aliphatic hydroxyl groups is 1. The third-order valence-corrected chi connectivity index (χ3v) is 5.35. The molecule has 1 atom stereocenters. The molecule has 0 saturated heterocycles. The number of hydrogen-bond acceptors (Lipinski definition) is 4. The minimum Gasteiger partial charge on any atom is -0.444 e. The van der Waals surface area contributed by atoms with E-state index < -0.39 is 17.8 Å². The average Bonchev–Trinajstić information content (AvgIpc) is 2.76. The molecule has 3 aromatic rings. The van der Waals surface area contributed by atoms with E-state index in [1.54, 1.807) is 12.1 Å². The first-order valence-corrected chi connectivity index (χ1v) is 11.4. The van der Waals surface area contributed by atoms with Crippen molar-refractivity contribution in [1.82, 2.24) is 5.32 Å². The minimum absolute atomic E-state index is 0.389. The number of carbonyl (C=O) groups is 1. The van der Waals surface area contributed by atoms with Gasteiger partial charge in [-0.05, 0) is 61.7 Å². The van der Waals surface area contributed by atoms with E-state index in [-0.39, 0.29) is 0 Å². The van der Waals surface area contributed by atoms with Gasteiger partial charge < -0.3 is 20.5 Å². The van der Waals surface area contributed by atoms with E-state index in [0.29, 0.717) is 23.1 Å². The molecule has 0 fully saturated rings. The summed E-state index contributed by atoms with van der Waals surface area (Å²) in [5.74, 6) is 0. The molecule has 0 spiro atoms. The summed E-state index contributed by atoms with van der Waals surface area (Å²) in [6, 6.07) is 20.4. The van der Waals surface area contributed by atoms with Crippen LogP contribution in [0.2, 0.25) is 10.0 Å². The first-order valence-electron chi connectivity index (χ1n) is 10.7. The molecular weight excluding hydrogens is 459 g/mol. The molecule has 0 aliphatic heterocycles. The number of nitrogens with one attached hydrogen (secondary N) is 2. The first kappa shape index (κ1) is 24.9. The van der Waals surface area contributed by atoms with Gasteiger partial charge in [0.05, 0.1) is 0 Å². The van der Waals surface area contributed by atoms with Gasteiger partial charge in [-0.15, -0.1) is 0 Å². The van der Waals surface area contributed by atoms with Gasteiger partial charge in [-0.3, -0.25) is 0 Å². The standard InChI is InChI=1S/C26H28Cl2N2O3/c1-26(2,3)33-25(32)30-14-13-29-19-10-12-21(24(31)17-7-5-4-6-8-17)22(16-19)20-11-9-18(27)15-23(20)28/h4-12,15-16,24,29,31H,13-14H2,1-3H3,(H,30,32). The minimum atomic E-state index is -0.823. The molecule has 0 heterocycles. The third kappa shape index (κ3) is 7.13. The third-order valence-electron chi connectivity index (χ3n) is 4.81. The van der Waals surface area contributed by atoms with Gasteiger partial charge in [0.15, 0.2) is 0 Å². The molecule has 33 heavy (non-hydrogen) atoms. The lowest BCUT2D eigenvalue weighted by Gasteiger charge is -2.20. The molecule has 3 aromatic carbocycles. The summed E-state index contributed by atoms with van der Waals surface area (Å²) in [4.78, 5) is 11.8. The number of rotatable bonds is 7. The smallest absolute Gasteiger partial charge is 0.407 e. The van der Waals surface area contributed by atoms with Crippen LogP contribution in [0.1, 0.15) is 38.0 Å². The van der Waals surface area contributed by atoms with Crippen molar-refractivity contribution in [2.24, 2.45) is 0 Å². The lowest BCUT2D eigenvalue weighted by molar-refractivity contribution is 0.0530. The van der Waals surface area contributed by atoms with Crippen molar-refractivity contribution in [3.05, 3.63) is 87.9 Å². The van der Waals surface area contributed by atoms with Crippen molar-refractivity contribution in [2.75, 3.05) is 18.4 Å². The van der Waals surface area contributed by atoms with E-state index in [2.05, 4.69) is 10.6 Å². The van der Waals surface area contributed by atoms with Crippen molar-refractivity contribution in [2.45, 2.75) is 32.5 Å². The van der Waals surface area contributed by atoms with Crippen LogP contribution < -0.4 is 10.6 Å². The number of ether oxygens (including phenoxy) is 1. The molecule has 0 aliphatic rings. The molecule has 0 aliphatic carbocycles. The fourth-order valence-corrected chi connectivity index (χ4v) is 3.86. The van der Waals surface area contributed by atoms with Gasteiger partial charge >= 0.3 is 6.09 Å². The van der Waals surface area contributed by atoms with E-state index in [1.807, 2.05) is 75.4 Å². The van der Waals surface area contributed by atoms with Crippen molar-refractivity contribution in [3.8, 4) is 11.1 Å². The fraction of sp³-hybridized carbons (Fsp3) is 0.269. The number of carbonyl (C=O) groups excluding carboxylic acids is 1. The number of alkyl carbamates (subject to hydrolysis) is 1. The van der Waals surface area contributed by atoms with Crippen molar-refractivity contribution < 1.29 is 14.6 Å². The van der Waals surface area contributed by atoms with E-state index in [4.69, 9.17) is 27.9 Å². The highest BCUT2D eigenvalue weighted by Gasteiger charge is 2.18. The molecule has 174 valence electrons. The number of anilines is 1. The van der Waals surface area contributed by atoms with E-state index in [0.717, 1.165) is 27.9 Å². The maximum atomic E-state index is 11.8. The van der Waals surface area contributed by atoms with Crippen LogP contribution >= 0.6 is 23.2 Å². The highest BCUT2D eigenvalue weighted by atomic mass is 35.5. The summed E-state index contributed by atoms with van der Waals surface area (Å²) < 4.78 is 5.24. The maximum Gasteiger partial charge on any atom is 0.407 e. The summed E-state index contributed by atoms with van der Waals surface area (Å²) >= 11 is 12.6. The van der Waals surface area contributed by atoms with Gasteiger partial charge in [0.25, 0.3) is 0 Å². The summed E-state index contributed by atoms with van der Waals surface area (Å²) in [6.45, 7) is 6.34. The largest absolute Gasteiger partial charge is 0.444 e. The van der Waals surface area contributed by atoms with Crippen LogP contribution in [0.3, 0.4) is 0 Å². The van der Waals surface area contributed by atoms with Crippen LogP contribution in [-0.4, -0.2) is 29.9 Å². The SMILES string of the molecule is CC(C)(C)OC(=O)NCCNc1ccc(C(O)c2ccccc2)c(-c2ccc(Cl)cc2Cl)c1. The predicted octanol–water partition coefficient (Wildman–Crippen LogP) is 6.68. The van der Waals surface area contributed by atoms with Gasteiger partial charge in [0.1, 0.15) is 11.7 Å². The summed E-state index contributed by atoms with van der Waals surface area (Å²) in [7, 11) is 0. The fourth-order valence-electron chi connectivity index (χ4n) is 3.35. The summed E-state index contributed by atoms with van der Waals surface area (Å²) in [5.41, 5.74) is 3.35. The molecule has 0 aromatic heterocycles. The summed E-state index contributed by atoms with van der Waals surface area (Å²) in [6.07, 6.45) is -1.28. The van der Waals surface area contributed by atoms with Crippen molar-refractivity contribution in [1.29, 1.82) is 0 Å². The maximum absolute atomic E-state index is 11.8. The van der Waals surface area contributed by atoms with Crippen LogP contribution in [-0.2, 0) is 4.74 Å². The monoisotopic (exact) mass is 486 g/mol. The topological polar surface area (TPSA) is 70.6 Å². The second kappa shape index (κ2) is 10.9. The van der Waals surface area contributed by atoms with Gasteiger partial charge in [-0.2, -0.15) is 0 Å². The molecular formula is C26H28Cl2N2O3. The Morgan fingerprint density at radius 2 is 1.70 bits per heavy atom. The zero-order chi connectivity index (χ0) is 24.0. The van der Waals surface area contributed by atoms with Gasteiger partial charge in [-0.1, -0.05) is 65.7 Å². The molecule has 1 unspecified atom stereocenters. The van der Waals surface area contributed by atoms with Crippen molar-refractivity contribution >= 4 is 35.0 Å². The van der Waals surface area contributed by atoms with Gasteiger partial charge in [0, 0.05) is 34.4 Å². The van der Waals surface area contributed by atoms with Crippen molar-refractivity contribution in [3.63, 3.8) is 0 Å². The Kier molecular flexibility index (Phi) is 8.25. The Bertz CT molecular complexity index is 1100. The Morgan fingerprint density at radius 3 is 2.36 bits per heavy atom. The molecule has 3 N–H and O–H groups in total. The zero-order valence-electron chi connectivity index (χ0n) is 18.9. The average molecular weight is 487 g/mol. The number of halogens is 2. The molecule has 3 rings (SSSR count). The van der Waals surface area contributed by atoms with Crippen LogP contribution in [0.5, 0.6) is 0 Å². The van der Waals surface area contributed by atoms with Gasteiger partial charge in [-0.25, -0.2) is 4.79 Å². The Balaban J connectivity index is 1.82. The number of benzene rings is 3. The Morgan fingerprint density at radius 1 is 0.970 bits per heavy atom. The van der Waals surface area contributed by atoms with E-state index in [9.17, 15) is 9.90 Å². The van der Waals surface area contributed by atoms with Crippen LogP contribution in [0, 0.1) is 0 Å². The highest BCUT2D eigenvalue weighted by Crippen LogP contribution is 2.38. The highest BCUT2D eigenvalue weighted by molar-refractivity contribution is 6.36. The second-order valence-electron chi connectivity index (χ2n) is 8.59. The van der Waals surface area contributed by atoms with Crippen LogP contribution in [0.25, 0.3) is 11.1 Å². The molecule has 0 bridgehead atoms.